The van der Waals surface area contributed by atoms with Gasteiger partial charge in [0.2, 0.25) is 0 Å². The number of carbonyl (C=O) groups is 3. The highest BCUT2D eigenvalue weighted by molar-refractivity contribution is 6.07. The van der Waals surface area contributed by atoms with Crippen molar-refractivity contribution >= 4 is 23.2 Å². The van der Waals surface area contributed by atoms with Gasteiger partial charge in [-0.1, -0.05) is 39.8 Å². The van der Waals surface area contributed by atoms with Gasteiger partial charge in [-0.05, 0) is 29.2 Å². The molecule has 8 nitrogen and oxygen atoms in total. The third kappa shape index (κ3) is 4.10. The Morgan fingerprint density at radius 1 is 1.03 bits per heavy atom. The molecule has 0 amide bonds. The van der Waals surface area contributed by atoms with Crippen molar-refractivity contribution in [2.24, 2.45) is 10.8 Å². The largest absolute Gasteiger partial charge is 0.480 e. The van der Waals surface area contributed by atoms with Crippen molar-refractivity contribution < 1.29 is 24.4 Å². The van der Waals surface area contributed by atoms with Crippen molar-refractivity contribution in [1.29, 1.82) is 0 Å². The summed E-state index contributed by atoms with van der Waals surface area (Å²) in [6.45, 7) is 7.53. The molecule has 0 bridgehead atoms. The van der Waals surface area contributed by atoms with Gasteiger partial charge in [0.05, 0.1) is 4.92 Å². The quantitative estimate of drug-likeness (QED) is 0.532. The number of nitrogens with zero attached hydrogens (tertiary/aromatic N) is 2. The van der Waals surface area contributed by atoms with E-state index in [1.54, 1.807) is 17.0 Å². The lowest BCUT2D eigenvalue weighted by molar-refractivity contribution is -0.384. The fourth-order valence-electron chi connectivity index (χ4n) is 5.53. The molecule has 0 radical (unpaired) electrons. The van der Waals surface area contributed by atoms with E-state index in [4.69, 9.17) is 0 Å². The van der Waals surface area contributed by atoms with E-state index in [1.165, 1.54) is 12.1 Å². The van der Waals surface area contributed by atoms with E-state index in [1.807, 2.05) is 27.7 Å². The standard InChI is InChI=1S/C25H28N2O6/c1-24(2)9-16-22(18(28)11-24)21(14-6-5-7-15(8-14)27(32)33)23-17(26(16)13-20(30)31)10-25(3,4)12-19(23)29/h5-8,21H,9-13H2,1-4H3,(H,30,31). The third-order valence-electron chi connectivity index (χ3n) is 6.73. The summed E-state index contributed by atoms with van der Waals surface area (Å²) < 4.78 is 0. The molecular weight excluding hydrogens is 424 g/mol. The number of non-ortho nitro benzene ring substituents is 1. The van der Waals surface area contributed by atoms with E-state index >= 15 is 0 Å². The van der Waals surface area contributed by atoms with Gasteiger partial charge in [-0.2, -0.15) is 0 Å². The van der Waals surface area contributed by atoms with E-state index < -0.39 is 16.8 Å². The number of aliphatic carboxylic acids is 1. The summed E-state index contributed by atoms with van der Waals surface area (Å²) in [7, 11) is 0. The molecule has 0 saturated carbocycles. The van der Waals surface area contributed by atoms with Crippen molar-refractivity contribution in [2.45, 2.75) is 59.3 Å². The molecule has 0 atom stereocenters. The Morgan fingerprint density at radius 2 is 1.55 bits per heavy atom. The van der Waals surface area contributed by atoms with Crippen LogP contribution < -0.4 is 0 Å². The predicted octanol–water partition coefficient (Wildman–Crippen LogP) is 4.37. The smallest absolute Gasteiger partial charge is 0.323 e. The zero-order valence-corrected chi connectivity index (χ0v) is 19.3. The van der Waals surface area contributed by atoms with Crippen LogP contribution in [0.25, 0.3) is 0 Å². The summed E-state index contributed by atoms with van der Waals surface area (Å²) in [6, 6.07) is 6.07. The Bertz CT molecular complexity index is 1100. The number of benzene rings is 1. The van der Waals surface area contributed by atoms with Crippen molar-refractivity contribution in [2.75, 3.05) is 6.54 Å². The van der Waals surface area contributed by atoms with Crippen LogP contribution in [0, 0.1) is 20.9 Å². The number of nitro groups is 1. The van der Waals surface area contributed by atoms with Crippen LogP contribution in [0.4, 0.5) is 5.69 Å². The molecule has 1 aromatic carbocycles. The number of carboxylic acids is 1. The summed E-state index contributed by atoms with van der Waals surface area (Å²) in [5, 5.41) is 21.1. The highest BCUT2D eigenvalue weighted by atomic mass is 16.6. The number of carbonyl (C=O) groups excluding carboxylic acids is 2. The number of hydrogen-bond donors (Lipinski definition) is 1. The zero-order chi connectivity index (χ0) is 24.3. The van der Waals surface area contributed by atoms with Crippen molar-refractivity contribution in [3.8, 4) is 0 Å². The molecular formula is C25H28N2O6. The van der Waals surface area contributed by atoms with E-state index in [-0.39, 0.29) is 47.5 Å². The van der Waals surface area contributed by atoms with Crippen LogP contribution in [0.5, 0.6) is 0 Å². The number of nitro benzene ring substituents is 1. The van der Waals surface area contributed by atoms with Gasteiger partial charge in [-0.25, -0.2) is 0 Å². The average molecular weight is 453 g/mol. The summed E-state index contributed by atoms with van der Waals surface area (Å²) >= 11 is 0. The SMILES string of the molecule is CC1(C)CC(=O)C2=C(C1)N(CC(=O)O)C1=C(C(=O)CC(C)(C)C1)C2c1cccc([N+](=O)[O-])c1. The van der Waals surface area contributed by atoms with Gasteiger partial charge in [-0.15, -0.1) is 0 Å². The minimum atomic E-state index is -1.05. The van der Waals surface area contributed by atoms with Crippen molar-refractivity contribution in [3.05, 3.63) is 62.5 Å². The molecule has 1 heterocycles. The average Bonchev–Trinajstić information content (AvgIpc) is 2.67. The minimum absolute atomic E-state index is 0.114. The zero-order valence-electron chi connectivity index (χ0n) is 19.3. The maximum absolute atomic E-state index is 13.5. The maximum Gasteiger partial charge on any atom is 0.323 e. The lowest BCUT2D eigenvalue weighted by atomic mass is 9.63. The van der Waals surface area contributed by atoms with Gasteiger partial charge in [0.1, 0.15) is 6.54 Å². The Morgan fingerprint density at radius 3 is 2.00 bits per heavy atom. The molecule has 1 aliphatic heterocycles. The molecule has 0 saturated heterocycles. The number of ketones is 2. The second-order valence-electron chi connectivity index (χ2n) is 10.9. The van der Waals surface area contributed by atoms with Gasteiger partial charge >= 0.3 is 5.97 Å². The summed E-state index contributed by atoms with van der Waals surface area (Å²) in [5.41, 5.74) is 1.72. The summed E-state index contributed by atoms with van der Waals surface area (Å²) in [4.78, 5) is 51.4. The number of carboxylic acid groups (broad SMARTS) is 1. The first kappa shape index (κ1) is 22.9. The van der Waals surface area contributed by atoms with Crippen LogP contribution in [0.2, 0.25) is 0 Å². The lowest BCUT2D eigenvalue weighted by Crippen LogP contribution is -2.45. The topological polar surface area (TPSA) is 118 Å². The molecule has 1 N–H and O–H groups in total. The minimum Gasteiger partial charge on any atom is -0.480 e. The summed E-state index contributed by atoms with van der Waals surface area (Å²) in [5.74, 6) is -2.06. The molecule has 1 aromatic rings. The number of allylic oxidation sites excluding steroid dienone is 4. The predicted molar refractivity (Wildman–Crippen MR) is 120 cm³/mol. The van der Waals surface area contributed by atoms with Gasteiger partial charge in [0, 0.05) is 53.4 Å². The molecule has 0 fully saturated rings. The van der Waals surface area contributed by atoms with Crippen LogP contribution >= 0.6 is 0 Å². The number of hydrogen-bond acceptors (Lipinski definition) is 6. The van der Waals surface area contributed by atoms with E-state index in [9.17, 15) is 29.6 Å². The summed E-state index contributed by atoms with van der Waals surface area (Å²) in [6.07, 6.45) is 1.50. The van der Waals surface area contributed by atoms with E-state index in [0.29, 0.717) is 40.9 Å². The highest BCUT2D eigenvalue weighted by Gasteiger charge is 2.49. The van der Waals surface area contributed by atoms with Crippen LogP contribution in [0.15, 0.2) is 46.8 Å². The van der Waals surface area contributed by atoms with Crippen LogP contribution in [-0.2, 0) is 14.4 Å². The Balaban J connectivity index is 2.02. The molecule has 0 unspecified atom stereocenters. The molecule has 0 aromatic heterocycles. The second-order valence-corrected chi connectivity index (χ2v) is 10.9. The van der Waals surface area contributed by atoms with Crippen molar-refractivity contribution in [3.63, 3.8) is 0 Å². The monoisotopic (exact) mass is 452 g/mol. The molecule has 8 heteroatoms. The first-order valence-electron chi connectivity index (χ1n) is 11.1. The first-order valence-corrected chi connectivity index (χ1v) is 11.1. The van der Waals surface area contributed by atoms with Gasteiger partial charge in [-0.3, -0.25) is 24.5 Å². The van der Waals surface area contributed by atoms with Gasteiger partial charge in [0.25, 0.3) is 5.69 Å². The normalized spacial score (nSPS) is 22.2. The van der Waals surface area contributed by atoms with Crippen LogP contribution in [-0.4, -0.2) is 39.0 Å². The van der Waals surface area contributed by atoms with Crippen LogP contribution in [0.1, 0.15) is 64.9 Å². The Hall–Kier alpha value is -3.29. The van der Waals surface area contributed by atoms with E-state index in [0.717, 1.165) is 0 Å². The lowest BCUT2D eigenvalue weighted by Gasteiger charge is -2.48. The molecule has 3 aliphatic rings. The number of rotatable bonds is 4. The number of Topliss-reactive ketones (excluding diaryl/α,β-unsaturated/α-hetero) is 2. The molecule has 0 spiro atoms. The molecule has 2 aliphatic carbocycles. The fraction of sp³-hybridized carbons (Fsp3) is 0.480. The Labute approximate surface area is 192 Å². The van der Waals surface area contributed by atoms with Gasteiger partial charge < -0.3 is 10.0 Å². The van der Waals surface area contributed by atoms with Gasteiger partial charge in [0.15, 0.2) is 11.6 Å². The first-order chi connectivity index (χ1) is 15.3. The molecule has 33 heavy (non-hydrogen) atoms. The second kappa shape index (κ2) is 7.64. The Kier molecular flexibility index (Phi) is 5.30. The third-order valence-corrected chi connectivity index (χ3v) is 6.73. The maximum atomic E-state index is 13.5. The van der Waals surface area contributed by atoms with Crippen LogP contribution in [0.3, 0.4) is 0 Å². The van der Waals surface area contributed by atoms with E-state index in [2.05, 4.69) is 0 Å². The highest BCUT2D eigenvalue weighted by Crippen LogP contribution is 2.54. The molecule has 174 valence electrons. The fourth-order valence-corrected chi connectivity index (χ4v) is 5.53. The molecule has 4 rings (SSSR count). The van der Waals surface area contributed by atoms with Crippen molar-refractivity contribution in [1.82, 2.24) is 4.90 Å².